The lowest BCUT2D eigenvalue weighted by Gasteiger charge is -2.27. The maximum atomic E-state index is 13.2. The standard InChI is InChI=1S/C27H30N4O3/c1-31(27(33)34-15-13-28)25(17-19-10-11-20-6-2-3-7-21(20)16-19)26(32)29-14-12-22-18-30-24-9-5-4-8-23(22)24/h2-11,16,18,25,30H,12-15,17,28H2,1H3,(H,29,32)/t25-/m1/s1. The summed E-state index contributed by atoms with van der Waals surface area (Å²) >= 11 is 0. The third kappa shape index (κ3) is 5.38. The lowest BCUT2D eigenvalue weighted by Crippen LogP contribution is -2.49. The van der Waals surface area contributed by atoms with Crippen LogP contribution in [0.2, 0.25) is 0 Å². The summed E-state index contributed by atoms with van der Waals surface area (Å²) in [6, 6.07) is 21.5. The van der Waals surface area contributed by atoms with E-state index in [1.165, 1.54) is 4.90 Å². The summed E-state index contributed by atoms with van der Waals surface area (Å²) in [7, 11) is 1.59. The number of hydrogen-bond acceptors (Lipinski definition) is 4. The van der Waals surface area contributed by atoms with E-state index in [-0.39, 0.29) is 19.1 Å². The van der Waals surface area contributed by atoms with Gasteiger partial charge in [0.2, 0.25) is 5.91 Å². The Morgan fingerprint density at radius 3 is 2.65 bits per heavy atom. The molecule has 0 fully saturated rings. The van der Waals surface area contributed by atoms with Crippen LogP contribution >= 0.6 is 0 Å². The molecule has 0 aliphatic rings. The van der Waals surface area contributed by atoms with Gasteiger partial charge in [0.15, 0.2) is 0 Å². The van der Waals surface area contributed by atoms with Gasteiger partial charge in [0.25, 0.3) is 0 Å². The normalized spacial score (nSPS) is 11.9. The summed E-state index contributed by atoms with van der Waals surface area (Å²) < 4.78 is 5.18. The molecule has 1 atom stereocenters. The average molecular weight is 459 g/mol. The fourth-order valence-corrected chi connectivity index (χ4v) is 4.15. The molecule has 4 rings (SSSR count). The second-order valence-corrected chi connectivity index (χ2v) is 8.32. The molecule has 1 aromatic heterocycles. The molecule has 4 aromatic rings. The summed E-state index contributed by atoms with van der Waals surface area (Å²) in [6.45, 7) is 0.792. The van der Waals surface area contributed by atoms with E-state index in [1.807, 2.05) is 60.8 Å². The second-order valence-electron chi connectivity index (χ2n) is 8.32. The van der Waals surface area contributed by atoms with Crippen LogP contribution in [-0.4, -0.2) is 54.7 Å². The number of fused-ring (bicyclic) bond motifs is 2. The fraction of sp³-hybridized carbons (Fsp3) is 0.259. The lowest BCUT2D eigenvalue weighted by atomic mass is 10.0. The molecule has 2 amide bonds. The molecule has 0 saturated heterocycles. The molecule has 176 valence electrons. The van der Waals surface area contributed by atoms with Crippen molar-refractivity contribution in [3.8, 4) is 0 Å². The van der Waals surface area contributed by atoms with Crippen LogP contribution in [0.5, 0.6) is 0 Å². The predicted molar refractivity (Wildman–Crippen MR) is 135 cm³/mol. The first-order valence-electron chi connectivity index (χ1n) is 11.5. The maximum Gasteiger partial charge on any atom is 0.410 e. The number of ether oxygens (including phenoxy) is 1. The number of H-pyrrole nitrogens is 1. The van der Waals surface area contributed by atoms with Crippen molar-refractivity contribution in [1.29, 1.82) is 0 Å². The first kappa shape index (κ1) is 23.3. The number of nitrogens with two attached hydrogens (primary N) is 1. The number of aromatic amines is 1. The van der Waals surface area contributed by atoms with Crippen molar-refractivity contribution in [3.63, 3.8) is 0 Å². The molecule has 7 nitrogen and oxygen atoms in total. The Labute approximate surface area is 198 Å². The van der Waals surface area contributed by atoms with Crippen LogP contribution in [-0.2, 0) is 22.4 Å². The number of carbonyl (C=O) groups is 2. The zero-order valence-corrected chi connectivity index (χ0v) is 19.3. The number of aromatic nitrogens is 1. The summed E-state index contributed by atoms with van der Waals surface area (Å²) in [5.41, 5.74) is 8.64. The van der Waals surface area contributed by atoms with E-state index in [9.17, 15) is 9.59 Å². The van der Waals surface area contributed by atoms with Gasteiger partial charge in [-0.05, 0) is 34.4 Å². The van der Waals surface area contributed by atoms with E-state index in [4.69, 9.17) is 10.5 Å². The molecule has 0 spiro atoms. The lowest BCUT2D eigenvalue weighted by molar-refractivity contribution is -0.125. The Bertz CT molecular complexity index is 1280. The van der Waals surface area contributed by atoms with Crippen LogP contribution in [0.25, 0.3) is 21.7 Å². The van der Waals surface area contributed by atoms with Crippen molar-refractivity contribution in [2.45, 2.75) is 18.9 Å². The van der Waals surface area contributed by atoms with E-state index >= 15 is 0 Å². The molecule has 0 unspecified atom stereocenters. The number of likely N-dealkylation sites (N-methyl/N-ethyl adjacent to an activating group) is 1. The highest BCUT2D eigenvalue weighted by atomic mass is 16.6. The van der Waals surface area contributed by atoms with Crippen molar-refractivity contribution in [1.82, 2.24) is 15.2 Å². The molecule has 0 aliphatic heterocycles. The highest BCUT2D eigenvalue weighted by molar-refractivity contribution is 5.87. The third-order valence-corrected chi connectivity index (χ3v) is 6.01. The Kier molecular flexibility index (Phi) is 7.44. The van der Waals surface area contributed by atoms with Crippen LogP contribution in [0.4, 0.5) is 4.79 Å². The van der Waals surface area contributed by atoms with Gasteiger partial charge < -0.3 is 20.8 Å². The molecule has 34 heavy (non-hydrogen) atoms. The first-order valence-corrected chi connectivity index (χ1v) is 11.5. The van der Waals surface area contributed by atoms with E-state index < -0.39 is 12.1 Å². The largest absolute Gasteiger partial charge is 0.448 e. The molecule has 0 aliphatic carbocycles. The Morgan fingerprint density at radius 2 is 1.82 bits per heavy atom. The topological polar surface area (TPSA) is 100 Å². The smallest absolute Gasteiger partial charge is 0.410 e. The predicted octanol–water partition coefficient (Wildman–Crippen LogP) is 3.62. The molecule has 0 bridgehead atoms. The Hall–Kier alpha value is -3.84. The first-order chi connectivity index (χ1) is 16.6. The van der Waals surface area contributed by atoms with Crippen molar-refractivity contribution in [2.24, 2.45) is 5.73 Å². The number of rotatable bonds is 9. The third-order valence-electron chi connectivity index (χ3n) is 6.01. The second kappa shape index (κ2) is 10.9. The number of para-hydroxylation sites is 1. The minimum Gasteiger partial charge on any atom is -0.448 e. The van der Waals surface area contributed by atoms with Gasteiger partial charge in [0.05, 0.1) is 0 Å². The number of amides is 2. The molecule has 0 saturated carbocycles. The molecule has 3 aromatic carbocycles. The highest BCUT2D eigenvalue weighted by Crippen LogP contribution is 2.19. The number of carbonyl (C=O) groups excluding carboxylic acids is 2. The summed E-state index contributed by atoms with van der Waals surface area (Å²) in [5, 5.41) is 6.37. The number of hydrogen-bond donors (Lipinski definition) is 3. The molecule has 4 N–H and O–H groups in total. The number of benzene rings is 3. The van der Waals surface area contributed by atoms with Crippen LogP contribution in [0.3, 0.4) is 0 Å². The van der Waals surface area contributed by atoms with Crippen LogP contribution in [0.15, 0.2) is 72.9 Å². The van der Waals surface area contributed by atoms with Gasteiger partial charge in [-0.2, -0.15) is 0 Å². The monoisotopic (exact) mass is 458 g/mol. The van der Waals surface area contributed by atoms with Crippen LogP contribution in [0, 0.1) is 0 Å². The van der Waals surface area contributed by atoms with Crippen molar-refractivity contribution in [3.05, 3.63) is 84.1 Å². The summed E-state index contributed by atoms with van der Waals surface area (Å²) in [5.74, 6) is -0.222. The molecule has 1 heterocycles. The minimum atomic E-state index is -0.714. The van der Waals surface area contributed by atoms with E-state index in [1.54, 1.807) is 7.05 Å². The molecule has 7 heteroatoms. The van der Waals surface area contributed by atoms with Gasteiger partial charge in [-0.15, -0.1) is 0 Å². The van der Waals surface area contributed by atoms with Crippen LogP contribution < -0.4 is 11.1 Å². The minimum absolute atomic E-state index is 0.105. The average Bonchev–Trinajstić information content (AvgIpc) is 3.28. The van der Waals surface area contributed by atoms with Gasteiger partial charge in [-0.3, -0.25) is 9.69 Å². The maximum absolute atomic E-state index is 13.2. The number of nitrogens with one attached hydrogen (secondary N) is 2. The SMILES string of the molecule is CN(C(=O)OCCN)[C@H](Cc1ccc2ccccc2c1)C(=O)NCCc1c[nH]c2ccccc12. The van der Waals surface area contributed by atoms with E-state index in [0.717, 1.165) is 32.8 Å². The fourth-order valence-electron chi connectivity index (χ4n) is 4.15. The Balaban J connectivity index is 1.47. The zero-order chi connectivity index (χ0) is 23.9. The zero-order valence-electron chi connectivity index (χ0n) is 19.3. The molecule has 0 radical (unpaired) electrons. The summed E-state index contributed by atoms with van der Waals surface area (Å²) in [6.07, 6.45) is 2.46. The van der Waals surface area contributed by atoms with Gasteiger partial charge in [0.1, 0.15) is 12.6 Å². The van der Waals surface area contributed by atoms with Gasteiger partial charge in [0, 0.05) is 43.7 Å². The van der Waals surface area contributed by atoms with Crippen molar-refractivity contribution >= 4 is 33.7 Å². The van der Waals surface area contributed by atoms with E-state index in [2.05, 4.69) is 22.4 Å². The quantitative estimate of drug-likeness (QED) is 0.357. The van der Waals surface area contributed by atoms with E-state index in [0.29, 0.717) is 19.4 Å². The Morgan fingerprint density at radius 1 is 1.06 bits per heavy atom. The van der Waals surface area contributed by atoms with Gasteiger partial charge >= 0.3 is 6.09 Å². The molecular weight excluding hydrogens is 428 g/mol. The molecular formula is C27H30N4O3. The van der Waals surface area contributed by atoms with Crippen LogP contribution in [0.1, 0.15) is 11.1 Å². The van der Waals surface area contributed by atoms with Gasteiger partial charge in [-0.25, -0.2) is 4.79 Å². The number of nitrogens with zero attached hydrogens (tertiary/aromatic N) is 1. The van der Waals surface area contributed by atoms with Crippen molar-refractivity contribution < 1.29 is 14.3 Å². The van der Waals surface area contributed by atoms with Crippen molar-refractivity contribution in [2.75, 3.05) is 26.7 Å². The van der Waals surface area contributed by atoms with Gasteiger partial charge in [-0.1, -0.05) is 60.7 Å². The summed E-state index contributed by atoms with van der Waals surface area (Å²) in [4.78, 5) is 30.4. The highest BCUT2D eigenvalue weighted by Gasteiger charge is 2.28.